The zero-order valence-corrected chi connectivity index (χ0v) is 27.1. The molecule has 19 nitrogen and oxygen atoms in total. The second kappa shape index (κ2) is 14.1. The van der Waals surface area contributed by atoms with E-state index in [-0.39, 0.29) is 16.9 Å². The fourth-order valence-corrected chi connectivity index (χ4v) is 5.43. The second-order valence-electron chi connectivity index (χ2n) is 11.8. The van der Waals surface area contributed by atoms with Crippen molar-refractivity contribution in [2.24, 2.45) is 0 Å². The SMILES string of the molecule is O=C(OC[C@H]1O[C@@H](Oc2c(-c3ccc(O)cc3)oc3cc(O)cc(O)c3c2=O)[C@H](OC(=O)c2cc(O)c(O)c(O)c2)[C@@H](O)[C@@H]1O)c1cc(O)c(O)c(O)c1. The van der Waals surface area contributed by atoms with E-state index in [1.807, 2.05) is 0 Å². The Morgan fingerprint density at radius 2 is 1.22 bits per heavy atom. The van der Waals surface area contributed by atoms with Gasteiger partial charge < -0.3 is 79.5 Å². The van der Waals surface area contributed by atoms with E-state index in [0.29, 0.717) is 12.1 Å². The zero-order chi connectivity index (χ0) is 39.2. The Labute approximate surface area is 300 Å². The standard InChI is InChI=1S/C35H28O19/c36-15-3-1-12(2-4-15)30-31(28(46)24-17(38)9-16(37)10-22(24)51-30)54-35-32(53-34(49)14-7-20(41)26(44)21(42)8-14)29(47)27(45)23(52-35)11-50-33(48)13-5-18(39)25(43)19(40)6-13/h1-10,23,27,29,32,35-45,47H,11H2/t23-,27-,29+,32-,35+/m1/s1. The molecule has 0 amide bonds. The second-order valence-corrected chi connectivity index (χ2v) is 11.8. The van der Waals surface area contributed by atoms with E-state index >= 15 is 0 Å². The van der Waals surface area contributed by atoms with Crippen LogP contribution in [0.5, 0.6) is 57.5 Å². The molecule has 1 aliphatic rings. The van der Waals surface area contributed by atoms with Crippen LogP contribution in [0.4, 0.5) is 0 Å². The molecule has 282 valence electrons. The summed E-state index contributed by atoms with van der Waals surface area (Å²) in [5, 5.41) is 111. The van der Waals surface area contributed by atoms with Gasteiger partial charge in [-0.3, -0.25) is 4.79 Å². The highest BCUT2D eigenvalue weighted by Gasteiger charge is 2.49. The van der Waals surface area contributed by atoms with Gasteiger partial charge in [-0.1, -0.05) is 0 Å². The summed E-state index contributed by atoms with van der Waals surface area (Å²) in [6.07, 6.45) is -10.2. The fraction of sp³-hybridized carbons (Fsp3) is 0.171. The number of aromatic hydroxyl groups is 9. The van der Waals surface area contributed by atoms with Gasteiger partial charge in [0.25, 0.3) is 0 Å². The molecule has 19 heteroatoms. The molecule has 0 bridgehead atoms. The number of phenolic OH excluding ortho intramolecular Hbond substituents is 9. The van der Waals surface area contributed by atoms with Gasteiger partial charge in [0.1, 0.15) is 53.1 Å². The molecule has 2 heterocycles. The maximum atomic E-state index is 14.0. The molecule has 1 aromatic heterocycles. The number of aliphatic hydroxyl groups is 2. The van der Waals surface area contributed by atoms with E-state index in [1.54, 1.807) is 0 Å². The van der Waals surface area contributed by atoms with Crippen molar-refractivity contribution < 1.29 is 89.1 Å². The predicted molar refractivity (Wildman–Crippen MR) is 177 cm³/mol. The van der Waals surface area contributed by atoms with E-state index in [1.165, 1.54) is 24.3 Å². The molecule has 5 atom stereocenters. The van der Waals surface area contributed by atoms with Crippen molar-refractivity contribution in [2.75, 3.05) is 6.61 Å². The van der Waals surface area contributed by atoms with Gasteiger partial charge in [0.15, 0.2) is 46.4 Å². The summed E-state index contributed by atoms with van der Waals surface area (Å²) in [4.78, 5) is 40.0. The maximum Gasteiger partial charge on any atom is 0.339 e. The summed E-state index contributed by atoms with van der Waals surface area (Å²) in [5.41, 5.74) is -2.42. The topological polar surface area (TPSA) is 324 Å². The Kier molecular flexibility index (Phi) is 9.61. The Morgan fingerprint density at radius 1 is 0.667 bits per heavy atom. The van der Waals surface area contributed by atoms with Gasteiger partial charge in [0.05, 0.1) is 11.1 Å². The molecular formula is C35H28O19. The number of hydrogen-bond acceptors (Lipinski definition) is 19. The third kappa shape index (κ3) is 6.91. The van der Waals surface area contributed by atoms with E-state index in [2.05, 4.69) is 0 Å². The average molecular weight is 753 g/mol. The first-order chi connectivity index (χ1) is 25.5. The summed E-state index contributed by atoms with van der Waals surface area (Å²) < 4.78 is 28.0. The molecule has 0 saturated carbocycles. The number of benzene rings is 4. The number of rotatable bonds is 8. The van der Waals surface area contributed by atoms with Crippen LogP contribution in [-0.4, -0.2) is 105 Å². The lowest BCUT2D eigenvalue weighted by molar-refractivity contribution is -0.276. The molecule has 11 N–H and O–H groups in total. The summed E-state index contributed by atoms with van der Waals surface area (Å²) >= 11 is 0. The van der Waals surface area contributed by atoms with Crippen molar-refractivity contribution in [3.63, 3.8) is 0 Å². The van der Waals surface area contributed by atoms with E-state index in [4.69, 9.17) is 23.4 Å². The van der Waals surface area contributed by atoms with Crippen molar-refractivity contribution in [2.45, 2.75) is 30.7 Å². The lowest BCUT2D eigenvalue weighted by Gasteiger charge is -2.41. The zero-order valence-electron chi connectivity index (χ0n) is 27.1. The van der Waals surface area contributed by atoms with Crippen LogP contribution in [0, 0.1) is 0 Å². The quantitative estimate of drug-likeness (QED) is 0.0794. The molecule has 0 radical (unpaired) electrons. The minimum absolute atomic E-state index is 0.0653. The lowest BCUT2D eigenvalue weighted by atomic mass is 9.98. The molecule has 6 rings (SSSR count). The van der Waals surface area contributed by atoms with Crippen LogP contribution >= 0.6 is 0 Å². The van der Waals surface area contributed by atoms with Crippen LogP contribution < -0.4 is 10.2 Å². The molecule has 1 aliphatic heterocycles. The first-order valence-corrected chi connectivity index (χ1v) is 15.4. The highest BCUT2D eigenvalue weighted by Crippen LogP contribution is 2.40. The van der Waals surface area contributed by atoms with E-state index in [9.17, 15) is 70.6 Å². The number of phenols is 9. The molecular weight excluding hydrogens is 724 g/mol. The highest BCUT2D eigenvalue weighted by atomic mass is 16.7. The summed E-state index contributed by atoms with van der Waals surface area (Å²) in [6, 6.07) is 9.73. The Balaban J connectivity index is 1.41. The van der Waals surface area contributed by atoms with Crippen molar-refractivity contribution in [3.05, 3.63) is 82.0 Å². The van der Waals surface area contributed by atoms with Gasteiger partial charge >= 0.3 is 11.9 Å². The largest absolute Gasteiger partial charge is 0.508 e. The molecule has 1 fully saturated rings. The number of aliphatic hydroxyl groups excluding tert-OH is 2. The summed E-state index contributed by atoms with van der Waals surface area (Å²) in [7, 11) is 0. The normalized spacial score (nSPS) is 19.6. The molecule has 0 spiro atoms. The molecule has 5 aromatic rings. The number of carbonyl (C=O) groups is 2. The van der Waals surface area contributed by atoms with E-state index in [0.717, 1.165) is 24.3 Å². The number of hydrogen-bond donors (Lipinski definition) is 11. The molecule has 0 aliphatic carbocycles. The third-order valence-corrected chi connectivity index (χ3v) is 8.16. The number of fused-ring (bicyclic) bond motifs is 1. The van der Waals surface area contributed by atoms with Crippen molar-refractivity contribution in [1.29, 1.82) is 0 Å². The van der Waals surface area contributed by atoms with Crippen LogP contribution in [0.1, 0.15) is 20.7 Å². The maximum absolute atomic E-state index is 14.0. The highest BCUT2D eigenvalue weighted by molar-refractivity contribution is 5.92. The Hall–Kier alpha value is -7.09. The Bertz CT molecular complexity index is 2280. The van der Waals surface area contributed by atoms with Crippen molar-refractivity contribution in [3.8, 4) is 68.8 Å². The van der Waals surface area contributed by atoms with Gasteiger partial charge in [-0.15, -0.1) is 0 Å². The van der Waals surface area contributed by atoms with Crippen LogP contribution in [0.15, 0.2) is 69.9 Å². The lowest BCUT2D eigenvalue weighted by Crippen LogP contribution is -2.61. The molecule has 0 unspecified atom stereocenters. The van der Waals surface area contributed by atoms with Crippen molar-refractivity contribution >= 4 is 22.9 Å². The minimum atomic E-state index is -2.19. The summed E-state index contributed by atoms with van der Waals surface area (Å²) in [6.45, 7) is -0.906. The monoisotopic (exact) mass is 752 g/mol. The van der Waals surface area contributed by atoms with Gasteiger partial charge in [-0.25, -0.2) is 9.59 Å². The third-order valence-electron chi connectivity index (χ3n) is 8.16. The first-order valence-electron chi connectivity index (χ1n) is 15.4. The Morgan fingerprint density at radius 3 is 1.80 bits per heavy atom. The summed E-state index contributed by atoms with van der Waals surface area (Å²) in [5.74, 6) is -10.8. The predicted octanol–water partition coefficient (Wildman–Crippen LogP) is 1.72. The van der Waals surface area contributed by atoms with Gasteiger partial charge in [-0.05, 0) is 48.5 Å². The van der Waals surface area contributed by atoms with Crippen LogP contribution in [-0.2, 0) is 14.2 Å². The average Bonchev–Trinajstić information content (AvgIpc) is 3.12. The van der Waals surface area contributed by atoms with Gasteiger partial charge in [0, 0.05) is 17.7 Å². The number of carbonyl (C=O) groups excluding carboxylic acids is 2. The number of ether oxygens (including phenoxy) is 4. The van der Waals surface area contributed by atoms with Crippen LogP contribution in [0.3, 0.4) is 0 Å². The van der Waals surface area contributed by atoms with Crippen LogP contribution in [0.2, 0.25) is 0 Å². The minimum Gasteiger partial charge on any atom is -0.508 e. The van der Waals surface area contributed by atoms with Crippen molar-refractivity contribution in [1.82, 2.24) is 0 Å². The fourth-order valence-electron chi connectivity index (χ4n) is 5.43. The molecule has 54 heavy (non-hydrogen) atoms. The van der Waals surface area contributed by atoms with Crippen LogP contribution in [0.25, 0.3) is 22.3 Å². The molecule has 1 saturated heterocycles. The van der Waals surface area contributed by atoms with Gasteiger partial charge in [0.2, 0.25) is 17.5 Å². The van der Waals surface area contributed by atoms with Gasteiger partial charge in [-0.2, -0.15) is 0 Å². The first kappa shape index (κ1) is 36.7. The van der Waals surface area contributed by atoms with E-state index < -0.39 is 129 Å². The number of esters is 2. The smallest absolute Gasteiger partial charge is 0.339 e. The molecule has 4 aromatic carbocycles.